The van der Waals surface area contributed by atoms with Crippen LogP contribution in [-0.2, 0) is 0 Å². The van der Waals surface area contributed by atoms with Gasteiger partial charge in [0.05, 0.1) is 0 Å². The molecule has 0 amide bonds. The van der Waals surface area contributed by atoms with Gasteiger partial charge in [-0.3, -0.25) is 0 Å². The lowest BCUT2D eigenvalue weighted by molar-refractivity contribution is 0.222. The summed E-state index contributed by atoms with van der Waals surface area (Å²) < 4.78 is 0. The van der Waals surface area contributed by atoms with Gasteiger partial charge in [-0.2, -0.15) is 0 Å². The molecular weight excluding hydrogens is 194 g/mol. The molecule has 0 heterocycles. The topological polar surface area (TPSA) is 3.24 Å². The van der Waals surface area contributed by atoms with E-state index in [4.69, 9.17) is 0 Å². The summed E-state index contributed by atoms with van der Waals surface area (Å²) in [6.45, 7) is 13.9. The average molecular weight is 221 g/mol. The summed E-state index contributed by atoms with van der Waals surface area (Å²) in [6, 6.07) is 0. The summed E-state index contributed by atoms with van der Waals surface area (Å²) in [5.41, 5.74) is 1.52. The van der Waals surface area contributed by atoms with Crippen LogP contribution in [0, 0.1) is 11.3 Å². The molecule has 0 saturated carbocycles. The molecule has 0 aromatic heterocycles. The van der Waals surface area contributed by atoms with E-state index in [1.54, 1.807) is 0 Å². The van der Waals surface area contributed by atoms with Crippen LogP contribution >= 0.6 is 0 Å². The average Bonchev–Trinajstić information content (AvgIpc) is 2.16. The van der Waals surface area contributed by atoms with Crippen molar-refractivity contribution >= 4 is 0 Å². The number of hydrogen-bond donors (Lipinski definition) is 0. The molecule has 92 valence electrons. The third-order valence-electron chi connectivity index (χ3n) is 3.26. The Labute approximate surface area is 102 Å². The van der Waals surface area contributed by atoms with E-state index in [-0.39, 0.29) is 5.41 Å². The van der Waals surface area contributed by atoms with Crippen molar-refractivity contribution in [2.75, 3.05) is 20.6 Å². The molecule has 0 aliphatic carbocycles. The van der Waals surface area contributed by atoms with Gasteiger partial charge in [-0.1, -0.05) is 51.7 Å². The maximum Gasteiger partial charge on any atom is 0.000923 e. The molecule has 0 N–H and O–H groups in total. The van der Waals surface area contributed by atoms with E-state index >= 15 is 0 Å². The van der Waals surface area contributed by atoms with Crippen LogP contribution in [0.5, 0.6) is 0 Å². The van der Waals surface area contributed by atoms with Gasteiger partial charge in [-0.25, -0.2) is 0 Å². The van der Waals surface area contributed by atoms with Crippen LogP contribution < -0.4 is 0 Å². The number of allylic oxidation sites excluding steroid dienone is 5. The van der Waals surface area contributed by atoms with Gasteiger partial charge in [0.15, 0.2) is 0 Å². The zero-order valence-electron chi connectivity index (χ0n) is 11.7. The highest BCUT2D eigenvalue weighted by atomic mass is 15.1. The summed E-state index contributed by atoms with van der Waals surface area (Å²) in [4.78, 5) is 2.24. The molecule has 0 aliphatic heterocycles. The van der Waals surface area contributed by atoms with Crippen molar-refractivity contribution in [3.63, 3.8) is 0 Å². The molecule has 1 nitrogen and oxygen atoms in total. The van der Waals surface area contributed by atoms with Gasteiger partial charge in [0, 0.05) is 6.54 Å². The second-order valence-corrected chi connectivity index (χ2v) is 5.24. The van der Waals surface area contributed by atoms with Crippen molar-refractivity contribution < 1.29 is 0 Å². The summed E-state index contributed by atoms with van der Waals surface area (Å²) in [5.74, 6) is 0.602. The summed E-state index contributed by atoms with van der Waals surface area (Å²) in [6.07, 6.45) is 8.28. The minimum absolute atomic E-state index is 0.172. The molecule has 0 aliphatic rings. The van der Waals surface area contributed by atoms with E-state index in [1.165, 1.54) is 5.57 Å². The Kier molecular flexibility index (Phi) is 6.35. The molecule has 0 aromatic rings. The smallest absolute Gasteiger partial charge is 0.000923 e. The van der Waals surface area contributed by atoms with E-state index in [0.29, 0.717) is 5.92 Å². The molecule has 16 heavy (non-hydrogen) atoms. The number of hydrogen-bond acceptors (Lipinski definition) is 1. The molecule has 0 radical (unpaired) electrons. The minimum atomic E-state index is 0.172. The van der Waals surface area contributed by atoms with E-state index in [2.05, 4.69) is 71.5 Å². The van der Waals surface area contributed by atoms with Gasteiger partial charge in [0.2, 0.25) is 0 Å². The Morgan fingerprint density at radius 1 is 1.38 bits per heavy atom. The van der Waals surface area contributed by atoms with Crippen molar-refractivity contribution in [3.05, 3.63) is 36.5 Å². The Morgan fingerprint density at radius 3 is 2.31 bits per heavy atom. The Balaban J connectivity index is 4.97. The van der Waals surface area contributed by atoms with Crippen molar-refractivity contribution in [2.45, 2.75) is 27.7 Å². The molecule has 1 unspecified atom stereocenters. The maximum absolute atomic E-state index is 3.80. The SMILES string of the molecule is C=C/C=C(\C=C/C)C(C)(C)C(C)CN(C)C. The first kappa shape index (κ1) is 15.2. The van der Waals surface area contributed by atoms with Crippen LogP contribution in [0.25, 0.3) is 0 Å². The predicted octanol–water partition coefficient (Wildman–Crippen LogP) is 3.90. The molecule has 0 aromatic carbocycles. The molecule has 1 atom stereocenters. The minimum Gasteiger partial charge on any atom is -0.309 e. The fraction of sp³-hybridized carbons (Fsp3) is 0.600. The standard InChI is InChI=1S/C15H27N/c1-8-10-14(11-9-2)15(4,5)13(3)12-16(6)7/h8-11,13H,1,12H2,2-7H3/b11-9-,14-10+. The van der Waals surface area contributed by atoms with Gasteiger partial charge in [-0.05, 0) is 37.9 Å². The van der Waals surface area contributed by atoms with Gasteiger partial charge in [-0.15, -0.1) is 0 Å². The van der Waals surface area contributed by atoms with Crippen molar-refractivity contribution in [1.82, 2.24) is 4.90 Å². The zero-order chi connectivity index (χ0) is 12.8. The Hall–Kier alpha value is -0.820. The van der Waals surface area contributed by atoms with Gasteiger partial charge >= 0.3 is 0 Å². The molecule has 0 rings (SSSR count). The Morgan fingerprint density at radius 2 is 1.94 bits per heavy atom. The van der Waals surface area contributed by atoms with Crippen LogP contribution in [0.15, 0.2) is 36.5 Å². The molecular formula is C15H27N. The lowest BCUT2D eigenvalue weighted by Gasteiger charge is -2.35. The largest absolute Gasteiger partial charge is 0.309 e. The summed E-state index contributed by atoms with van der Waals surface area (Å²) >= 11 is 0. The van der Waals surface area contributed by atoms with Crippen LogP contribution in [0.2, 0.25) is 0 Å². The predicted molar refractivity (Wildman–Crippen MR) is 74.6 cm³/mol. The first-order valence-corrected chi connectivity index (χ1v) is 5.96. The highest BCUT2D eigenvalue weighted by molar-refractivity contribution is 5.29. The highest BCUT2D eigenvalue weighted by Gasteiger charge is 2.28. The van der Waals surface area contributed by atoms with Crippen LogP contribution in [0.4, 0.5) is 0 Å². The van der Waals surface area contributed by atoms with Crippen molar-refractivity contribution in [1.29, 1.82) is 0 Å². The van der Waals surface area contributed by atoms with Gasteiger partial charge in [0.25, 0.3) is 0 Å². The van der Waals surface area contributed by atoms with E-state index in [9.17, 15) is 0 Å². The molecule has 0 spiro atoms. The number of nitrogens with zero attached hydrogens (tertiary/aromatic N) is 1. The van der Waals surface area contributed by atoms with Gasteiger partial charge < -0.3 is 4.90 Å². The maximum atomic E-state index is 3.80. The molecule has 1 heteroatoms. The molecule has 0 fully saturated rings. The lowest BCUT2D eigenvalue weighted by Crippen LogP contribution is -2.32. The van der Waals surface area contributed by atoms with Crippen LogP contribution in [-0.4, -0.2) is 25.5 Å². The third kappa shape index (κ3) is 4.36. The molecule has 0 bridgehead atoms. The normalized spacial score (nSPS) is 15.8. The summed E-state index contributed by atoms with van der Waals surface area (Å²) in [5, 5.41) is 0. The van der Waals surface area contributed by atoms with Crippen molar-refractivity contribution in [3.8, 4) is 0 Å². The monoisotopic (exact) mass is 221 g/mol. The third-order valence-corrected chi connectivity index (χ3v) is 3.26. The number of rotatable bonds is 6. The van der Waals surface area contributed by atoms with E-state index in [1.807, 2.05) is 6.08 Å². The van der Waals surface area contributed by atoms with E-state index < -0.39 is 0 Å². The fourth-order valence-electron chi connectivity index (χ4n) is 1.85. The zero-order valence-corrected chi connectivity index (χ0v) is 11.7. The second kappa shape index (κ2) is 6.70. The summed E-state index contributed by atoms with van der Waals surface area (Å²) in [7, 11) is 4.25. The van der Waals surface area contributed by atoms with E-state index in [0.717, 1.165) is 6.54 Å². The Bertz CT molecular complexity index is 269. The quantitative estimate of drug-likeness (QED) is 0.615. The highest BCUT2D eigenvalue weighted by Crippen LogP contribution is 2.36. The van der Waals surface area contributed by atoms with Crippen molar-refractivity contribution in [2.24, 2.45) is 11.3 Å². The van der Waals surface area contributed by atoms with Gasteiger partial charge in [0.1, 0.15) is 0 Å². The van der Waals surface area contributed by atoms with Crippen LogP contribution in [0.3, 0.4) is 0 Å². The first-order valence-electron chi connectivity index (χ1n) is 5.96. The second-order valence-electron chi connectivity index (χ2n) is 5.24. The fourth-order valence-corrected chi connectivity index (χ4v) is 1.85. The van der Waals surface area contributed by atoms with Crippen LogP contribution in [0.1, 0.15) is 27.7 Å². The lowest BCUT2D eigenvalue weighted by atomic mass is 9.73. The first-order chi connectivity index (χ1) is 7.36. The molecule has 0 saturated heterocycles.